The number of ether oxygens (including phenoxy) is 1. The molecule has 36 heavy (non-hydrogen) atoms. The number of anilines is 2. The van der Waals surface area contributed by atoms with Gasteiger partial charge in [-0.25, -0.2) is 19.0 Å². The van der Waals surface area contributed by atoms with Gasteiger partial charge in [-0.05, 0) is 55.8 Å². The highest BCUT2D eigenvalue weighted by Crippen LogP contribution is 2.63. The lowest BCUT2D eigenvalue weighted by Crippen LogP contribution is -2.59. The summed E-state index contributed by atoms with van der Waals surface area (Å²) in [5.74, 6) is 0.882. The minimum atomic E-state index is -1.11. The van der Waals surface area contributed by atoms with Gasteiger partial charge in [0.25, 0.3) is 0 Å². The van der Waals surface area contributed by atoms with Crippen molar-refractivity contribution in [3.63, 3.8) is 0 Å². The number of likely N-dealkylation sites (tertiary alicyclic amines) is 1. The number of benzene rings is 1. The van der Waals surface area contributed by atoms with Gasteiger partial charge in [-0.1, -0.05) is 23.2 Å². The third kappa shape index (κ3) is 3.62. The van der Waals surface area contributed by atoms with Crippen molar-refractivity contribution in [1.29, 1.82) is 0 Å². The number of nitrogens with one attached hydrogen (secondary N) is 1. The first-order valence-corrected chi connectivity index (χ1v) is 13.3. The summed E-state index contributed by atoms with van der Waals surface area (Å²) < 4.78 is 22.7. The van der Waals surface area contributed by atoms with Crippen LogP contribution < -0.4 is 5.32 Å². The minimum absolute atomic E-state index is 0.0962. The maximum atomic E-state index is 15.4. The number of alkyl halides is 1. The molecule has 11 heteroatoms. The molecule has 4 atom stereocenters. The van der Waals surface area contributed by atoms with Gasteiger partial charge < -0.3 is 15.2 Å². The molecule has 1 aromatic carbocycles. The van der Waals surface area contributed by atoms with Gasteiger partial charge in [-0.2, -0.15) is 5.10 Å². The predicted molar refractivity (Wildman–Crippen MR) is 135 cm³/mol. The SMILES string of the molecule is O[C@H]1COC[C@H]1N1CC[C@H](c2cc3nc(Nc4cnn(C56CC(C5)C6)c4Cl)ncc3cc2Cl)[C@@H](F)C1. The molecule has 8 nitrogen and oxygen atoms in total. The van der Waals surface area contributed by atoms with Crippen molar-refractivity contribution < 1.29 is 14.2 Å². The van der Waals surface area contributed by atoms with Gasteiger partial charge in [-0.15, -0.1) is 0 Å². The van der Waals surface area contributed by atoms with Crippen molar-refractivity contribution in [2.45, 2.75) is 55.5 Å². The molecule has 4 heterocycles. The molecular formula is C25H27Cl2FN6O2. The van der Waals surface area contributed by atoms with E-state index in [2.05, 4.69) is 20.4 Å². The van der Waals surface area contributed by atoms with Crippen LogP contribution in [0.4, 0.5) is 16.0 Å². The molecule has 3 saturated carbocycles. The molecule has 0 spiro atoms. The molecule has 0 radical (unpaired) electrons. The van der Waals surface area contributed by atoms with Crippen LogP contribution in [0.5, 0.6) is 0 Å². The van der Waals surface area contributed by atoms with Crippen LogP contribution in [0.25, 0.3) is 10.9 Å². The molecule has 5 aliphatic rings. The van der Waals surface area contributed by atoms with Gasteiger partial charge >= 0.3 is 0 Å². The summed E-state index contributed by atoms with van der Waals surface area (Å²) in [5, 5.41) is 19.7. The quantitative estimate of drug-likeness (QED) is 0.507. The number of aliphatic hydroxyl groups is 1. The Morgan fingerprint density at radius 3 is 2.69 bits per heavy atom. The van der Waals surface area contributed by atoms with E-state index in [1.165, 1.54) is 0 Å². The molecule has 8 rings (SSSR count). The van der Waals surface area contributed by atoms with Gasteiger partial charge in [0.05, 0.1) is 48.3 Å². The Kier molecular flexibility index (Phi) is 5.45. The number of hydrogen-bond acceptors (Lipinski definition) is 7. The van der Waals surface area contributed by atoms with E-state index >= 15 is 4.39 Å². The van der Waals surface area contributed by atoms with Gasteiger partial charge in [0, 0.05) is 29.1 Å². The van der Waals surface area contributed by atoms with E-state index < -0.39 is 12.3 Å². The fraction of sp³-hybridized carbons (Fsp3) is 0.560. The van der Waals surface area contributed by atoms with Crippen LogP contribution in [0.2, 0.25) is 10.2 Å². The summed E-state index contributed by atoms with van der Waals surface area (Å²) in [5.41, 5.74) is 2.20. The van der Waals surface area contributed by atoms with Gasteiger partial charge in [-0.3, -0.25) is 4.90 Å². The second-order valence-corrected chi connectivity index (χ2v) is 11.6. The van der Waals surface area contributed by atoms with Crippen LogP contribution in [0.15, 0.2) is 24.5 Å². The molecule has 0 unspecified atom stereocenters. The average molecular weight is 533 g/mol. The normalized spacial score (nSPS) is 33.9. The summed E-state index contributed by atoms with van der Waals surface area (Å²) >= 11 is 13.2. The lowest BCUT2D eigenvalue weighted by molar-refractivity contribution is -0.0975. The number of aromatic nitrogens is 4. The van der Waals surface area contributed by atoms with E-state index in [9.17, 15) is 5.11 Å². The Morgan fingerprint density at radius 1 is 1.17 bits per heavy atom. The van der Waals surface area contributed by atoms with Crippen LogP contribution in [-0.2, 0) is 10.3 Å². The first-order chi connectivity index (χ1) is 17.4. The Morgan fingerprint density at radius 2 is 2.00 bits per heavy atom. The second-order valence-electron chi connectivity index (χ2n) is 10.8. The van der Waals surface area contributed by atoms with Crippen molar-refractivity contribution in [2.75, 3.05) is 31.6 Å². The van der Waals surface area contributed by atoms with E-state index in [1.807, 2.05) is 15.6 Å². The lowest BCUT2D eigenvalue weighted by Gasteiger charge is -2.61. The molecule has 2 saturated heterocycles. The Bertz CT molecular complexity index is 1320. The first kappa shape index (κ1) is 23.1. The monoisotopic (exact) mass is 532 g/mol. The van der Waals surface area contributed by atoms with Crippen LogP contribution in [0.3, 0.4) is 0 Å². The van der Waals surface area contributed by atoms with Crippen LogP contribution in [0, 0.1) is 5.92 Å². The van der Waals surface area contributed by atoms with Gasteiger partial charge in [0.15, 0.2) is 5.15 Å². The molecule has 2 aliphatic heterocycles. The minimum Gasteiger partial charge on any atom is -0.389 e. The Balaban J connectivity index is 1.12. The van der Waals surface area contributed by atoms with Crippen molar-refractivity contribution in [3.8, 4) is 0 Å². The highest BCUT2D eigenvalue weighted by atomic mass is 35.5. The third-order valence-corrected chi connectivity index (χ3v) is 9.26. The zero-order valence-corrected chi connectivity index (χ0v) is 21.1. The lowest BCUT2D eigenvalue weighted by atomic mass is 9.50. The molecule has 5 fully saturated rings. The fourth-order valence-corrected chi connectivity index (χ4v) is 7.06. The molecule has 0 amide bonds. The van der Waals surface area contributed by atoms with Gasteiger partial charge in [0.1, 0.15) is 6.17 Å². The summed E-state index contributed by atoms with van der Waals surface area (Å²) in [4.78, 5) is 11.1. The van der Waals surface area contributed by atoms with E-state index in [-0.39, 0.29) is 24.0 Å². The number of aliphatic hydroxyl groups excluding tert-OH is 1. The highest BCUT2D eigenvalue weighted by molar-refractivity contribution is 6.32. The predicted octanol–water partition coefficient (Wildman–Crippen LogP) is 4.27. The van der Waals surface area contributed by atoms with E-state index in [0.717, 1.165) is 36.1 Å². The number of piperidine rings is 1. The zero-order chi connectivity index (χ0) is 24.6. The summed E-state index contributed by atoms with van der Waals surface area (Å²) in [6.45, 7) is 1.66. The van der Waals surface area contributed by atoms with E-state index in [4.69, 9.17) is 27.9 Å². The van der Waals surface area contributed by atoms with Crippen LogP contribution in [0.1, 0.15) is 37.2 Å². The third-order valence-electron chi connectivity index (χ3n) is 8.57. The van der Waals surface area contributed by atoms with E-state index in [1.54, 1.807) is 18.5 Å². The number of fused-ring (bicyclic) bond motifs is 1. The summed E-state index contributed by atoms with van der Waals surface area (Å²) in [6.07, 6.45) is 5.79. The molecule has 3 aliphatic carbocycles. The number of nitrogens with zero attached hydrogens (tertiary/aromatic N) is 5. The highest BCUT2D eigenvalue weighted by Gasteiger charge is 2.59. The topological polar surface area (TPSA) is 88.3 Å². The molecular weight excluding hydrogens is 506 g/mol. The smallest absolute Gasteiger partial charge is 0.227 e. The number of hydrogen-bond donors (Lipinski definition) is 2. The average Bonchev–Trinajstić information content (AvgIpc) is 3.38. The maximum absolute atomic E-state index is 15.4. The standard InChI is InChI=1S/C25H27Cl2FN6O2/c26-17-3-14-8-29-24(32-20-9-30-34(23(20)27)25-5-13(6-25)7-25)31-19(14)4-16(17)15-1-2-33(10-18(15)28)21-11-36-12-22(21)35/h3-4,8-9,13,15,18,21-22,35H,1-2,5-7,10-12H2,(H,29,31,32)/t13?,15-,18+,21-,22+,25?/m1/s1. The Labute approximate surface area is 217 Å². The van der Waals surface area contributed by atoms with Crippen molar-refractivity contribution in [1.82, 2.24) is 24.6 Å². The largest absolute Gasteiger partial charge is 0.389 e. The fourth-order valence-electron chi connectivity index (χ4n) is 6.43. The number of halogens is 3. The van der Waals surface area contributed by atoms with Crippen LogP contribution in [-0.4, -0.2) is 74.4 Å². The molecule has 3 aromatic rings. The molecule has 2 aromatic heterocycles. The first-order valence-electron chi connectivity index (χ1n) is 12.5. The Hall–Kier alpha value is -2.04. The van der Waals surface area contributed by atoms with E-state index in [0.29, 0.717) is 53.5 Å². The number of rotatable bonds is 5. The maximum Gasteiger partial charge on any atom is 0.227 e. The van der Waals surface area contributed by atoms with Crippen molar-refractivity contribution in [3.05, 3.63) is 40.3 Å². The van der Waals surface area contributed by atoms with Crippen molar-refractivity contribution in [2.24, 2.45) is 5.92 Å². The van der Waals surface area contributed by atoms with Crippen LogP contribution >= 0.6 is 23.2 Å². The van der Waals surface area contributed by atoms with Crippen molar-refractivity contribution >= 4 is 45.7 Å². The van der Waals surface area contributed by atoms with Gasteiger partial charge in [0.2, 0.25) is 5.95 Å². The summed E-state index contributed by atoms with van der Waals surface area (Å²) in [7, 11) is 0. The summed E-state index contributed by atoms with van der Waals surface area (Å²) in [6, 6.07) is 3.53. The molecule has 2 bridgehead atoms. The molecule has 190 valence electrons. The zero-order valence-electron chi connectivity index (χ0n) is 19.6. The second kappa shape index (κ2) is 8.49. The molecule has 2 N–H and O–H groups in total.